The number of ether oxygens (including phenoxy) is 2. The zero-order chi connectivity index (χ0) is 14.3. The summed E-state index contributed by atoms with van der Waals surface area (Å²) in [5, 5.41) is 13.4. The Labute approximate surface area is 114 Å². The van der Waals surface area contributed by atoms with E-state index >= 15 is 0 Å². The quantitative estimate of drug-likeness (QED) is 0.736. The molecule has 2 atom stereocenters. The fraction of sp³-hybridized carbons (Fsp3) is 0.467. The van der Waals surface area contributed by atoms with E-state index in [1.54, 1.807) is 32.4 Å². The standard InChI is InChI=1S/C15H21NO3/c1-5-6-11(2)16-10-14(17)13-9-12(18-3)7-8-15(13)19-4/h1,7-9,11,14,16-17H,6,10H2,2-4H3. The van der Waals surface area contributed by atoms with E-state index < -0.39 is 6.10 Å². The van der Waals surface area contributed by atoms with E-state index in [9.17, 15) is 5.11 Å². The molecule has 0 aromatic heterocycles. The van der Waals surface area contributed by atoms with Crippen molar-refractivity contribution < 1.29 is 14.6 Å². The maximum absolute atomic E-state index is 10.2. The first kappa shape index (κ1) is 15.4. The lowest BCUT2D eigenvalue weighted by atomic mass is 10.1. The van der Waals surface area contributed by atoms with Crippen LogP contribution in [0.3, 0.4) is 0 Å². The molecule has 2 unspecified atom stereocenters. The monoisotopic (exact) mass is 263 g/mol. The number of nitrogens with one attached hydrogen (secondary N) is 1. The average molecular weight is 263 g/mol. The Hall–Kier alpha value is -1.70. The highest BCUT2D eigenvalue weighted by Gasteiger charge is 2.15. The second kappa shape index (κ2) is 7.67. The molecular formula is C15H21NO3. The van der Waals surface area contributed by atoms with Crippen molar-refractivity contribution >= 4 is 0 Å². The number of benzene rings is 1. The van der Waals surface area contributed by atoms with Gasteiger partial charge in [-0.2, -0.15) is 0 Å². The molecule has 0 saturated heterocycles. The molecule has 0 spiro atoms. The van der Waals surface area contributed by atoms with Crippen LogP contribution < -0.4 is 14.8 Å². The smallest absolute Gasteiger partial charge is 0.124 e. The molecule has 0 aliphatic rings. The lowest BCUT2D eigenvalue weighted by Crippen LogP contribution is -2.30. The molecule has 19 heavy (non-hydrogen) atoms. The van der Waals surface area contributed by atoms with Crippen LogP contribution in [-0.2, 0) is 0 Å². The van der Waals surface area contributed by atoms with Crippen LogP contribution in [0, 0.1) is 12.3 Å². The van der Waals surface area contributed by atoms with Crippen molar-refractivity contribution in [2.75, 3.05) is 20.8 Å². The summed E-state index contributed by atoms with van der Waals surface area (Å²) in [6.07, 6.45) is 5.19. The molecule has 0 aliphatic heterocycles. The van der Waals surface area contributed by atoms with Crippen LogP contribution >= 0.6 is 0 Å². The Morgan fingerprint density at radius 2 is 2.11 bits per heavy atom. The zero-order valence-electron chi connectivity index (χ0n) is 11.6. The molecule has 1 rings (SSSR count). The molecule has 0 saturated carbocycles. The van der Waals surface area contributed by atoms with E-state index in [4.69, 9.17) is 15.9 Å². The van der Waals surface area contributed by atoms with Gasteiger partial charge in [0.1, 0.15) is 11.5 Å². The Morgan fingerprint density at radius 3 is 2.68 bits per heavy atom. The first-order valence-corrected chi connectivity index (χ1v) is 6.19. The molecule has 0 amide bonds. The molecular weight excluding hydrogens is 242 g/mol. The number of aliphatic hydroxyl groups is 1. The van der Waals surface area contributed by atoms with Crippen molar-refractivity contribution in [2.24, 2.45) is 0 Å². The summed E-state index contributed by atoms with van der Waals surface area (Å²) < 4.78 is 10.4. The molecule has 4 heteroatoms. The molecule has 0 heterocycles. The van der Waals surface area contributed by atoms with E-state index in [0.29, 0.717) is 30.0 Å². The molecule has 2 N–H and O–H groups in total. The molecule has 1 aromatic carbocycles. The fourth-order valence-corrected chi connectivity index (χ4v) is 1.77. The number of methoxy groups -OCH3 is 2. The molecule has 0 bridgehead atoms. The second-order valence-corrected chi connectivity index (χ2v) is 4.34. The van der Waals surface area contributed by atoms with Gasteiger partial charge in [0, 0.05) is 24.6 Å². The van der Waals surface area contributed by atoms with Gasteiger partial charge in [0.15, 0.2) is 0 Å². The molecule has 0 radical (unpaired) electrons. The van der Waals surface area contributed by atoms with E-state index in [1.807, 2.05) is 6.92 Å². The normalized spacial score (nSPS) is 13.4. The van der Waals surface area contributed by atoms with Gasteiger partial charge in [0.05, 0.1) is 20.3 Å². The first-order valence-electron chi connectivity index (χ1n) is 6.19. The van der Waals surface area contributed by atoms with Crippen molar-refractivity contribution in [3.63, 3.8) is 0 Å². The van der Waals surface area contributed by atoms with Gasteiger partial charge in [-0.25, -0.2) is 0 Å². The van der Waals surface area contributed by atoms with Gasteiger partial charge >= 0.3 is 0 Å². The topological polar surface area (TPSA) is 50.7 Å². The van der Waals surface area contributed by atoms with Gasteiger partial charge < -0.3 is 19.9 Å². The summed E-state index contributed by atoms with van der Waals surface area (Å²) in [6, 6.07) is 5.51. The lowest BCUT2D eigenvalue weighted by Gasteiger charge is -2.18. The third-order valence-corrected chi connectivity index (χ3v) is 2.88. The maximum atomic E-state index is 10.2. The van der Waals surface area contributed by atoms with Gasteiger partial charge in [-0.3, -0.25) is 0 Å². The SMILES string of the molecule is C#CCC(C)NCC(O)c1cc(OC)ccc1OC. The Bertz CT molecular complexity index is 440. The van der Waals surface area contributed by atoms with E-state index in [2.05, 4.69) is 11.2 Å². The number of aliphatic hydroxyl groups excluding tert-OH is 1. The van der Waals surface area contributed by atoms with Crippen molar-refractivity contribution in [3.8, 4) is 23.8 Å². The zero-order valence-corrected chi connectivity index (χ0v) is 11.6. The minimum Gasteiger partial charge on any atom is -0.497 e. The van der Waals surface area contributed by atoms with Gasteiger partial charge in [0.2, 0.25) is 0 Å². The van der Waals surface area contributed by atoms with E-state index in [-0.39, 0.29) is 6.04 Å². The number of rotatable bonds is 7. The van der Waals surface area contributed by atoms with Crippen LogP contribution in [0.5, 0.6) is 11.5 Å². The van der Waals surface area contributed by atoms with Gasteiger partial charge in [-0.05, 0) is 25.1 Å². The maximum Gasteiger partial charge on any atom is 0.124 e. The summed E-state index contributed by atoms with van der Waals surface area (Å²) in [6.45, 7) is 2.39. The molecule has 0 fully saturated rings. The van der Waals surface area contributed by atoms with Crippen LogP contribution in [0.2, 0.25) is 0 Å². The summed E-state index contributed by atoms with van der Waals surface area (Å²) in [5.41, 5.74) is 0.697. The van der Waals surface area contributed by atoms with Crippen LogP contribution in [-0.4, -0.2) is 31.9 Å². The highest BCUT2D eigenvalue weighted by atomic mass is 16.5. The summed E-state index contributed by atoms with van der Waals surface area (Å²) >= 11 is 0. The van der Waals surface area contributed by atoms with Gasteiger partial charge in [-0.15, -0.1) is 12.3 Å². The predicted molar refractivity (Wildman–Crippen MR) is 75.4 cm³/mol. The molecule has 1 aromatic rings. The Kier molecular flexibility index (Phi) is 6.20. The highest BCUT2D eigenvalue weighted by Crippen LogP contribution is 2.29. The average Bonchev–Trinajstić information content (AvgIpc) is 2.44. The van der Waals surface area contributed by atoms with Crippen LogP contribution in [0.25, 0.3) is 0 Å². The first-order chi connectivity index (χ1) is 9.12. The predicted octanol–water partition coefficient (Wildman–Crippen LogP) is 1.74. The minimum atomic E-state index is -0.676. The number of terminal acetylenes is 1. The van der Waals surface area contributed by atoms with Gasteiger partial charge in [0.25, 0.3) is 0 Å². The number of hydrogen-bond acceptors (Lipinski definition) is 4. The summed E-state index contributed by atoms with van der Waals surface area (Å²) in [5.74, 6) is 3.91. The van der Waals surface area contributed by atoms with E-state index in [0.717, 1.165) is 0 Å². The van der Waals surface area contributed by atoms with Crippen molar-refractivity contribution in [3.05, 3.63) is 23.8 Å². The molecule has 104 valence electrons. The number of hydrogen-bond donors (Lipinski definition) is 2. The summed E-state index contributed by atoms with van der Waals surface area (Å²) in [7, 11) is 3.16. The summed E-state index contributed by atoms with van der Waals surface area (Å²) in [4.78, 5) is 0. The van der Waals surface area contributed by atoms with Crippen LogP contribution in [0.4, 0.5) is 0 Å². The van der Waals surface area contributed by atoms with Gasteiger partial charge in [-0.1, -0.05) is 0 Å². The van der Waals surface area contributed by atoms with Crippen LogP contribution in [0.15, 0.2) is 18.2 Å². The van der Waals surface area contributed by atoms with Crippen LogP contribution in [0.1, 0.15) is 25.0 Å². The third kappa shape index (κ3) is 4.47. The fourth-order valence-electron chi connectivity index (χ4n) is 1.77. The third-order valence-electron chi connectivity index (χ3n) is 2.88. The minimum absolute atomic E-state index is 0.163. The Balaban J connectivity index is 2.74. The largest absolute Gasteiger partial charge is 0.497 e. The van der Waals surface area contributed by atoms with Crippen molar-refractivity contribution in [1.82, 2.24) is 5.32 Å². The molecule has 0 aliphatic carbocycles. The van der Waals surface area contributed by atoms with Crippen molar-refractivity contribution in [1.29, 1.82) is 0 Å². The van der Waals surface area contributed by atoms with E-state index in [1.165, 1.54) is 0 Å². The second-order valence-electron chi connectivity index (χ2n) is 4.34. The molecule has 4 nitrogen and oxygen atoms in total. The Morgan fingerprint density at radius 1 is 1.37 bits per heavy atom. The highest BCUT2D eigenvalue weighted by molar-refractivity contribution is 5.41. The lowest BCUT2D eigenvalue weighted by molar-refractivity contribution is 0.166. The van der Waals surface area contributed by atoms with Crippen molar-refractivity contribution in [2.45, 2.75) is 25.5 Å².